The first kappa shape index (κ1) is 14.1. The van der Waals surface area contributed by atoms with Gasteiger partial charge in [0.25, 0.3) is 0 Å². The van der Waals surface area contributed by atoms with Crippen LogP contribution in [0.25, 0.3) is 16.9 Å². The van der Waals surface area contributed by atoms with Gasteiger partial charge in [0.05, 0.1) is 11.4 Å². The van der Waals surface area contributed by atoms with Gasteiger partial charge in [-0.2, -0.15) is 9.61 Å². The molecule has 1 saturated heterocycles. The van der Waals surface area contributed by atoms with Crippen LogP contribution in [0.2, 0.25) is 0 Å². The molecular formula is C17H19N5O. The normalized spacial score (nSPS) is 18.5. The van der Waals surface area contributed by atoms with Crippen LogP contribution in [0.1, 0.15) is 12.8 Å². The zero-order chi connectivity index (χ0) is 15.6. The summed E-state index contributed by atoms with van der Waals surface area (Å²) in [7, 11) is 0. The lowest BCUT2D eigenvalue weighted by molar-refractivity contribution is 0.209. The van der Waals surface area contributed by atoms with Crippen molar-refractivity contribution in [3.05, 3.63) is 42.7 Å². The Morgan fingerprint density at radius 2 is 2.09 bits per heavy atom. The number of fused-ring (bicyclic) bond motifs is 1. The van der Waals surface area contributed by atoms with Gasteiger partial charge in [0, 0.05) is 25.3 Å². The third kappa shape index (κ3) is 2.66. The number of hydrogen-bond donors (Lipinski definition) is 1. The fourth-order valence-corrected chi connectivity index (χ4v) is 3.23. The number of benzene rings is 1. The van der Waals surface area contributed by atoms with E-state index in [1.54, 1.807) is 10.8 Å². The molecule has 1 unspecified atom stereocenters. The van der Waals surface area contributed by atoms with Gasteiger partial charge in [-0.15, -0.1) is 10.2 Å². The molecular weight excluding hydrogens is 290 g/mol. The minimum absolute atomic E-state index is 0.232. The summed E-state index contributed by atoms with van der Waals surface area (Å²) in [5.41, 5.74) is 3.77. The van der Waals surface area contributed by atoms with E-state index in [0.29, 0.717) is 5.92 Å². The van der Waals surface area contributed by atoms with Gasteiger partial charge in [0.15, 0.2) is 0 Å². The first-order chi connectivity index (χ1) is 11.3. The lowest BCUT2D eigenvalue weighted by Gasteiger charge is -2.33. The number of anilines is 1. The molecule has 6 nitrogen and oxygen atoms in total. The van der Waals surface area contributed by atoms with Crippen LogP contribution in [-0.2, 0) is 0 Å². The van der Waals surface area contributed by atoms with Gasteiger partial charge in [0.2, 0.25) is 5.65 Å². The van der Waals surface area contributed by atoms with Crippen LogP contribution in [0.15, 0.2) is 42.7 Å². The molecule has 3 aromatic rings. The molecule has 1 aliphatic heterocycles. The van der Waals surface area contributed by atoms with E-state index in [0.717, 1.165) is 48.5 Å². The highest BCUT2D eigenvalue weighted by atomic mass is 16.3. The Kier molecular flexibility index (Phi) is 3.67. The third-order valence-corrected chi connectivity index (χ3v) is 4.44. The van der Waals surface area contributed by atoms with E-state index in [1.165, 1.54) is 0 Å². The van der Waals surface area contributed by atoms with Gasteiger partial charge in [-0.05, 0) is 24.8 Å². The van der Waals surface area contributed by atoms with Crippen molar-refractivity contribution >= 4 is 11.3 Å². The standard InChI is InChI=1S/C17H19N5O/c23-11-13-5-4-8-21(10-13)16-9-15(14-6-2-1-3-7-14)20-22-12-18-19-17(16)22/h1-3,6-7,9,12-13,23H,4-5,8,10-11H2. The van der Waals surface area contributed by atoms with Crippen molar-refractivity contribution in [1.82, 2.24) is 19.8 Å². The summed E-state index contributed by atoms with van der Waals surface area (Å²) in [6.45, 7) is 2.05. The molecule has 3 heterocycles. The van der Waals surface area contributed by atoms with Gasteiger partial charge in [-0.25, -0.2) is 0 Å². The number of rotatable bonds is 3. The molecule has 2 aromatic heterocycles. The summed E-state index contributed by atoms with van der Waals surface area (Å²) >= 11 is 0. The Bertz CT molecular complexity index is 801. The number of aliphatic hydroxyl groups is 1. The Labute approximate surface area is 134 Å². The molecule has 0 radical (unpaired) electrons. The Morgan fingerprint density at radius 1 is 1.22 bits per heavy atom. The van der Waals surface area contributed by atoms with Crippen LogP contribution in [0, 0.1) is 5.92 Å². The average molecular weight is 309 g/mol. The maximum Gasteiger partial charge on any atom is 0.200 e. The Morgan fingerprint density at radius 3 is 2.91 bits per heavy atom. The highest BCUT2D eigenvalue weighted by molar-refractivity contribution is 5.74. The van der Waals surface area contributed by atoms with Crippen LogP contribution in [0.5, 0.6) is 0 Å². The first-order valence-corrected chi connectivity index (χ1v) is 7.97. The third-order valence-electron chi connectivity index (χ3n) is 4.44. The number of piperidine rings is 1. The molecule has 1 fully saturated rings. The SMILES string of the molecule is OCC1CCCN(c2cc(-c3ccccc3)nn3cnnc23)C1. The monoisotopic (exact) mass is 309 g/mol. The van der Waals surface area contributed by atoms with Crippen molar-refractivity contribution in [2.45, 2.75) is 12.8 Å². The molecule has 4 rings (SSSR count). The largest absolute Gasteiger partial charge is 0.396 e. The maximum atomic E-state index is 9.49. The van der Waals surface area contributed by atoms with Gasteiger partial charge >= 0.3 is 0 Å². The van der Waals surface area contributed by atoms with Crippen LogP contribution in [-0.4, -0.2) is 44.6 Å². The molecule has 1 N–H and O–H groups in total. The van der Waals surface area contributed by atoms with Crippen LogP contribution in [0.3, 0.4) is 0 Å². The molecule has 1 atom stereocenters. The van der Waals surface area contributed by atoms with E-state index in [2.05, 4.69) is 38.4 Å². The van der Waals surface area contributed by atoms with Crippen molar-refractivity contribution in [3.8, 4) is 11.3 Å². The second-order valence-corrected chi connectivity index (χ2v) is 6.02. The summed E-state index contributed by atoms with van der Waals surface area (Å²) in [5, 5.41) is 22.3. The van der Waals surface area contributed by atoms with Gasteiger partial charge in [-0.1, -0.05) is 30.3 Å². The molecule has 6 heteroatoms. The van der Waals surface area contributed by atoms with Crippen molar-refractivity contribution in [3.63, 3.8) is 0 Å². The Hall–Kier alpha value is -2.47. The van der Waals surface area contributed by atoms with Gasteiger partial charge in [-0.3, -0.25) is 0 Å². The minimum Gasteiger partial charge on any atom is -0.396 e. The molecule has 0 amide bonds. The lowest BCUT2D eigenvalue weighted by Crippen LogP contribution is -2.37. The van der Waals surface area contributed by atoms with E-state index >= 15 is 0 Å². The molecule has 0 aliphatic carbocycles. The van der Waals surface area contributed by atoms with Crippen LogP contribution >= 0.6 is 0 Å². The van der Waals surface area contributed by atoms with E-state index in [4.69, 9.17) is 0 Å². The van der Waals surface area contributed by atoms with Crippen LogP contribution in [0.4, 0.5) is 5.69 Å². The molecule has 118 valence electrons. The number of nitrogens with zero attached hydrogens (tertiary/aromatic N) is 5. The molecule has 0 bridgehead atoms. The first-order valence-electron chi connectivity index (χ1n) is 7.97. The average Bonchev–Trinajstić information content (AvgIpc) is 3.10. The van der Waals surface area contributed by atoms with Gasteiger partial charge < -0.3 is 10.0 Å². The second kappa shape index (κ2) is 5.96. The molecule has 0 saturated carbocycles. The van der Waals surface area contributed by atoms with Crippen LogP contribution < -0.4 is 4.90 Å². The highest BCUT2D eigenvalue weighted by Crippen LogP contribution is 2.29. The van der Waals surface area contributed by atoms with E-state index < -0.39 is 0 Å². The van der Waals surface area contributed by atoms with Crippen molar-refractivity contribution < 1.29 is 5.11 Å². The summed E-state index contributed by atoms with van der Waals surface area (Å²) in [6, 6.07) is 12.2. The fourth-order valence-electron chi connectivity index (χ4n) is 3.23. The van der Waals surface area contributed by atoms with Crippen molar-refractivity contribution in [2.24, 2.45) is 5.92 Å². The zero-order valence-electron chi connectivity index (χ0n) is 12.8. The summed E-state index contributed by atoms with van der Waals surface area (Å²) < 4.78 is 1.74. The van der Waals surface area contributed by atoms with Crippen molar-refractivity contribution in [2.75, 3.05) is 24.6 Å². The fraction of sp³-hybridized carbons (Fsp3) is 0.353. The lowest BCUT2D eigenvalue weighted by atomic mass is 9.98. The number of aromatic nitrogens is 4. The molecule has 1 aliphatic rings. The smallest absolute Gasteiger partial charge is 0.200 e. The number of hydrogen-bond acceptors (Lipinski definition) is 5. The summed E-state index contributed by atoms with van der Waals surface area (Å²) in [5.74, 6) is 0.320. The molecule has 1 aromatic carbocycles. The second-order valence-electron chi connectivity index (χ2n) is 6.02. The molecule has 0 spiro atoms. The summed E-state index contributed by atoms with van der Waals surface area (Å²) in [4.78, 5) is 2.29. The maximum absolute atomic E-state index is 9.49. The van der Waals surface area contributed by atoms with Crippen molar-refractivity contribution in [1.29, 1.82) is 0 Å². The predicted octanol–water partition coefficient (Wildman–Crippen LogP) is 2.00. The number of aliphatic hydroxyl groups excluding tert-OH is 1. The quantitative estimate of drug-likeness (QED) is 0.801. The zero-order valence-corrected chi connectivity index (χ0v) is 12.8. The van der Waals surface area contributed by atoms with Gasteiger partial charge in [0.1, 0.15) is 6.33 Å². The minimum atomic E-state index is 0.232. The summed E-state index contributed by atoms with van der Waals surface area (Å²) in [6.07, 6.45) is 3.79. The molecule has 23 heavy (non-hydrogen) atoms. The topological polar surface area (TPSA) is 66.5 Å². The van der Waals surface area contributed by atoms with E-state index in [1.807, 2.05) is 18.2 Å². The van der Waals surface area contributed by atoms with E-state index in [-0.39, 0.29) is 6.61 Å². The highest BCUT2D eigenvalue weighted by Gasteiger charge is 2.22. The predicted molar refractivity (Wildman–Crippen MR) is 88.2 cm³/mol. The van der Waals surface area contributed by atoms with E-state index in [9.17, 15) is 5.11 Å². The Balaban J connectivity index is 1.80.